The van der Waals surface area contributed by atoms with Crippen molar-refractivity contribution in [3.63, 3.8) is 0 Å². The first-order valence-electron chi connectivity index (χ1n) is 6.59. The molecule has 0 fully saturated rings. The van der Waals surface area contributed by atoms with Gasteiger partial charge in [0.1, 0.15) is 0 Å². The molecule has 0 saturated heterocycles. The van der Waals surface area contributed by atoms with Crippen LogP contribution in [0.25, 0.3) is 0 Å². The summed E-state index contributed by atoms with van der Waals surface area (Å²) in [5.41, 5.74) is 0.831. The van der Waals surface area contributed by atoms with Crippen molar-refractivity contribution in [1.82, 2.24) is 0 Å². The monoisotopic (exact) mass is 299 g/mol. The molecule has 0 aliphatic carbocycles. The van der Waals surface area contributed by atoms with E-state index in [9.17, 15) is 19.7 Å². The maximum Gasteiger partial charge on any atom is 0.338 e. The van der Waals surface area contributed by atoms with Gasteiger partial charge >= 0.3 is 5.97 Å². The molecule has 0 atom stereocenters. The van der Waals surface area contributed by atoms with Gasteiger partial charge in [0.25, 0.3) is 5.69 Å². The molecule has 2 aromatic rings. The summed E-state index contributed by atoms with van der Waals surface area (Å²) < 4.78 is 4.89. The van der Waals surface area contributed by atoms with E-state index < -0.39 is 10.9 Å². The summed E-state index contributed by atoms with van der Waals surface area (Å²) in [7, 11) is 0. The summed E-state index contributed by atoms with van der Waals surface area (Å²) in [6.45, 7) is 1.95. The second kappa shape index (κ2) is 6.62. The Balaban J connectivity index is 2.27. The van der Waals surface area contributed by atoms with E-state index in [2.05, 4.69) is 0 Å². The zero-order chi connectivity index (χ0) is 16.1. The molecule has 6 nitrogen and oxygen atoms in total. The normalized spacial score (nSPS) is 10.0. The van der Waals surface area contributed by atoms with Gasteiger partial charge in [0.05, 0.1) is 17.1 Å². The number of nitro benzene ring substituents is 1. The first kappa shape index (κ1) is 15.4. The van der Waals surface area contributed by atoms with E-state index in [1.54, 1.807) is 25.1 Å². The lowest BCUT2D eigenvalue weighted by molar-refractivity contribution is -0.384. The van der Waals surface area contributed by atoms with E-state index in [1.165, 1.54) is 30.3 Å². The summed E-state index contributed by atoms with van der Waals surface area (Å²) in [6.07, 6.45) is 0. The van der Waals surface area contributed by atoms with Gasteiger partial charge in [-0.25, -0.2) is 4.79 Å². The third kappa shape index (κ3) is 3.35. The number of nitrogens with zero attached hydrogens (tertiary/aromatic N) is 1. The quantitative estimate of drug-likeness (QED) is 0.366. The summed E-state index contributed by atoms with van der Waals surface area (Å²) in [4.78, 5) is 34.1. The highest BCUT2D eigenvalue weighted by Crippen LogP contribution is 2.16. The summed E-state index contributed by atoms with van der Waals surface area (Å²) in [5.74, 6) is -0.818. The predicted molar refractivity (Wildman–Crippen MR) is 78.9 cm³/mol. The molecule has 22 heavy (non-hydrogen) atoms. The van der Waals surface area contributed by atoms with Gasteiger partial charge < -0.3 is 4.74 Å². The largest absolute Gasteiger partial charge is 0.462 e. The van der Waals surface area contributed by atoms with Crippen LogP contribution < -0.4 is 0 Å². The second-order valence-electron chi connectivity index (χ2n) is 4.43. The molecule has 0 radical (unpaired) electrons. The second-order valence-corrected chi connectivity index (χ2v) is 4.43. The zero-order valence-electron chi connectivity index (χ0n) is 11.8. The molecule has 0 aliphatic rings. The maximum atomic E-state index is 12.3. The molecule has 0 aromatic heterocycles. The van der Waals surface area contributed by atoms with Crippen LogP contribution in [0.3, 0.4) is 0 Å². The van der Waals surface area contributed by atoms with Crippen LogP contribution in [0.4, 0.5) is 5.69 Å². The maximum absolute atomic E-state index is 12.3. The Morgan fingerprint density at radius 1 is 1.05 bits per heavy atom. The first-order chi connectivity index (χ1) is 10.5. The van der Waals surface area contributed by atoms with Crippen molar-refractivity contribution in [2.24, 2.45) is 0 Å². The van der Waals surface area contributed by atoms with E-state index in [0.29, 0.717) is 11.1 Å². The highest BCUT2D eigenvalue weighted by atomic mass is 16.6. The Morgan fingerprint density at radius 2 is 1.68 bits per heavy atom. The molecule has 0 aliphatic heterocycles. The number of carbonyl (C=O) groups is 2. The van der Waals surface area contributed by atoms with Crippen molar-refractivity contribution in [1.29, 1.82) is 0 Å². The number of nitro groups is 1. The highest BCUT2D eigenvalue weighted by molar-refractivity contribution is 6.10. The zero-order valence-corrected chi connectivity index (χ0v) is 11.8. The van der Waals surface area contributed by atoms with E-state index >= 15 is 0 Å². The summed E-state index contributed by atoms with van der Waals surface area (Å²) >= 11 is 0. The molecule has 0 unspecified atom stereocenters. The minimum atomic E-state index is -0.532. The first-order valence-corrected chi connectivity index (χ1v) is 6.59. The van der Waals surface area contributed by atoms with E-state index in [4.69, 9.17) is 4.74 Å². The molecule has 0 bridgehead atoms. The molecule has 2 rings (SSSR count). The van der Waals surface area contributed by atoms with Crippen molar-refractivity contribution in [3.05, 3.63) is 75.3 Å². The van der Waals surface area contributed by atoms with Crippen LogP contribution in [-0.2, 0) is 4.74 Å². The van der Waals surface area contributed by atoms with Crippen molar-refractivity contribution < 1.29 is 19.2 Å². The molecule has 6 heteroatoms. The van der Waals surface area contributed by atoms with Gasteiger partial charge in [0.15, 0.2) is 5.78 Å². The van der Waals surface area contributed by atoms with Gasteiger partial charge in [-0.1, -0.05) is 12.1 Å². The van der Waals surface area contributed by atoms with E-state index in [1.807, 2.05) is 0 Å². The molecular formula is C16H13NO5. The van der Waals surface area contributed by atoms with Crippen LogP contribution in [0.15, 0.2) is 48.5 Å². The lowest BCUT2D eigenvalue weighted by Crippen LogP contribution is -2.07. The number of hydrogen-bond acceptors (Lipinski definition) is 5. The Bertz CT molecular complexity index is 722. The molecule has 0 N–H and O–H groups in total. The fourth-order valence-electron chi connectivity index (χ4n) is 1.90. The number of benzene rings is 2. The SMILES string of the molecule is CCOC(=O)c1cccc(C(=O)c2ccc([N+](=O)[O-])cc2)c1. The van der Waals surface area contributed by atoms with E-state index in [0.717, 1.165) is 0 Å². The van der Waals surface area contributed by atoms with Crippen LogP contribution >= 0.6 is 0 Å². The van der Waals surface area contributed by atoms with Gasteiger partial charge in [0, 0.05) is 23.3 Å². The average Bonchev–Trinajstić information content (AvgIpc) is 2.54. The van der Waals surface area contributed by atoms with E-state index in [-0.39, 0.29) is 23.6 Å². The van der Waals surface area contributed by atoms with Crippen molar-refractivity contribution in [3.8, 4) is 0 Å². The molecule has 112 valence electrons. The lowest BCUT2D eigenvalue weighted by atomic mass is 10.0. The summed E-state index contributed by atoms with van der Waals surface area (Å²) in [6, 6.07) is 11.5. The minimum Gasteiger partial charge on any atom is -0.462 e. The van der Waals surface area contributed by atoms with Gasteiger partial charge in [-0.15, -0.1) is 0 Å². The van der Waals surface area contributed by atoms with Gasteiger partial charge in [-0.2, -0.15) is 0 Å². The third-order valence-corrected chi connectivity index (χ3v) is 2.98. The standard InChI is InChI=1S/C16H13NO5/c1-2-22-16(19)13-5-3-4-12(10-13)15(18)11-6-8-14(9-7-11)17(20)21/h3-10H,2H2,1H3. The molecule has 0 heterocycles. The predicted octanol–water partition coefficient (Wildman–Crippen LogP) is 3.00. The van der Waals surface area contributed by atoms with Crippen LogP contribution in [0.1, 0.15) is 33.2 Å². The number of rotatable bonds is 5. The Hall–Kier alpha value is -3.02. The van der Waals surface area contributed by atoms with Gasteiger partial charge in [-0.05, 0) is 31.2 Å². The molecule has 0 amide bonds. The highest BCUT2D eigenvalue weighted by Gasteiger charge is 2.14. The molecule has 0 saturated carbocycles. The number of non-ortho nitro benzene ring substituents is 1. The van der Waals surface area contributed by atoms with Gasteiger partial charge in [0.2, 0.25) is 0 Å². The fraction of sp³-hybridized carbons (Fsp3) is 0.125. The third-order valence-electron chi connectivity index (χ3n) is 2.98. The lowest BCUT2D eigenvalue weighted by Gasteiger charge is -2.05. The molecular weight excluding hydrogens is 286 g/mol. The number of carbonyl (C=O) groups excluding carboxylic acids is 2. The Morgan fingerprint density at radius 3 is 2.27 bits per heavy atom. The topological polar surface area (TPSA) is 86.5 Å². The number of ether oxygens (including phenoxy) is 1. The van der Waals surface area contributed by atoms with Gasteiger partial charge in [-0.3, -0.25) is 14.9 Å². The van der Waals surface area contributed by atoms with Crippen LogP contribution in [-0.4, -0.2) is 23.3 Å². The molecule has 2 aromatic carbocycles. The number of hydrogen-bond donors (Lipinski definition) is 0. The smallest absolute Gasteiger partial charge is 0.338 e. The van der Waals surface area contributed by atoms with Crippen LogP contribution in [0, 0.1) is 10.1 Å². The average molecular weight is 299 g/mol. The number of ketones is 1. The Labute approximate surface area is 126 Å². The Kier molecular flexibility index (Phi) is 4.63. The van der Waals surface area contributed by atoms with Crippen LogP contribution in [0.2, 0.25) is 0 Å². The van der Waals surface area contributed by atoms with Crippen molar-refractivity contribution in [2.45, 2.75) is 6.92 Å². The van der Waals surface area contributed by atoms with Crippen molar-refractivity contribution >= 4 is 17.4 Å². The van der Waals surface area contributed by atoms with Crippen molar-refractivity contribution in [2.75, 3.05) is 6.61 Å². The summed E-state index contributed by atoms with van der Waals surface area (Å²) in [5, 5.41) is 10.6. The molecule has 0 spiro atoms. The minimum absolute atomic E-state index is 0.0863. The number of esters is 1. The van der Waals surface area contributed by atoms with Crippen LogP contribution in [0.5, 0.6) is 0 Å². The fourth-order valence-corrected chi connectivity index (χ4v) is 1.90.